The van der Waals surface area contributed by atoms with Crippen molar-refractivity contribution in [2.75, 3.05) is 6.61 Å². The molecule has 0 saturated carbocycles. The van der Waals surface area contributed by atoms with Gasteiger partial charge in [-0.05, 0) is 30.0 Å². The Bertz CT molecular complexity index is 309. The summed E-state index contributed by atoms with van der Waals surface area (Å²) in [5.41, 5.74) is 9.87. The first-order chi connectivity index (χ1) is 6.29. The van der Waals surface area contributed by atoms with Crippen LogP contribution in [0.2, 0.25) is 0 Å². The smallest absolute Gasteiger partial charge is 0.0722 e. The van der Waals surface area contributed by atoms with Crippen LogP contribution in [-0.2, 0) is 11.3 Å². The van der Waals surface area contributed by atoms with E-state index >= 15 is 0 Å². The molecule has 0 aliphatic carbocycles. The second-order valence-electron chi connectivity index (χ2n) is 3.59. The molecule has 0 radical (unpaired) electrons. The minimum Gasteiger partial charge on any atom is -0.377 e. The van der Waals surface area contributed by atoms with Crippen molar-refractivity contribution in [2.45, 2.75) is 26.0 Å². The zero-order chi connectivity index (χ0) is 9.26. The SMILES string of the molecule is Cc1cccc2c1COCCC2N. The van der Waals surface area contributed by atoms with E-state index < -0.39 is 0 Å². The molecule has 1 heterocycles. The van der Waals surface area contributed by atoms with Crippen LogP contribution < -0.4 is 5.73 Å². The highest BCUT2D eigenvalue weighted by Crippen LogP contribution is 2.25. The van der Waals surface area contributed by atoms with Gasteiger partial charge in [0.25, 0.3) is 0 Å². The summed E-state index contributed by atoms with van der Waals surface area (Å²) in [7, 11) is 0. The number of rotatable bonds is 0. The molecule has 1 aliphatic rings. The summed E-state index contributed by atoms with van der Waals surface area (Å²) in [5.74, 6) is 0. The Morgan fingerprint density at radius 2 is 2.31 bits per heavy atom. The Balaban J connectivity index is 2.47. The highest BCUT2D eigenvalue weighted by molar-refractivity contribution is 5.36. The molecule has 2 rings (SSSR count). The van der Waals surface area contributed by atoms with Crippen LogP contribution in [0.5, 0.6) is 0 Å². The summed E-state index contributed by atoms with van der Waals surface area (Å²) in [4.78, 5) is 0. The molecule has 0 spiro atoms. The first-order valence-electron chi connectivity index (χ1n) is 4.71. The molecular weight excluding hydrogens is 162 g/mol. The fourth-order valence-electron chi connectivity index (χ4n) is 1.81. The van der Waals surface area contributed by atoms with E-state index in [0.717, 1.165) is 19.6 Å². The Kier molecular flexibility index (Phi) is 2.34. The quantitative estimate of drug-likeness (QED) is 0.657. The molecule has 0 fully saturated rings. The minimum atomic E-state index is 0.150. The largest absolute Gasteiger partial charge is 0.377 e. The van der Waals surface area contributed by atoms with Gasteiger partial charge in [0.05, 0.1) is 6.61 Å². The van der Waals surface area contributed by atoms with E-state index in [1.807, 2.05) is 0 Å². The zero-order valence-corrected chi connectivity index (χ0v) is 7.92. The van der Waals surface area contributed by atoms with Gasteiger partial charge < -0.3 is 10.5 Å². The number of aryl methyl sites for hydroxylation is 1. The van der Waals surface area contributed by atoms with E-state index in [1.165, 1.54) is 16.7 Å². The topological polar surface area (TPSA) is 35.2 Å². The number of benzene rings is 1. The van der Waals surface area contributed by atoms with E-state index in [0.29, 0.717) is 0 Å². The number of fused-ring (bicyclic) bond motifs is 1. The number of hydrogen-bond donors (Lipinski definition) is 1. The van der Waals surface area contributed by atoms with Gasteiger partial charge in [-0.15, -0.1) is 0 Å². The lowest BCUT2D eigenvalue weighted by Crippen LogP contribution is -2.11. The van der Waals surface area contributed by atoms with Crippen molar-refractivity contribution in [3.8, 4) is 0 Å². The van der Waals surface area contributed by atoms with Gasteiger partial charge in [0.15, 0.2) is 0 Å². The average Bonchev–Trinajstić information content (AvgIpc) is 2.30. The van der Waals surface area contributed by atoms with Gasteiger partial charge in [0, 0.05) is 12.6 Å². The van der Waals surface area contributed by atoms with Crippen molar-refractivity contribution < 1.29 is 4.74 Å². The molecule has 13 heavy (non-hydrogen) atoms. The van der Waals surface area contributed by atoms with Crippen LogP contribution in [-0.4, -0.2) is 6.61 Å². The van der Waals surface area contributed by atoms with E-state index in [1.54, 1.807) is 0 Å². The second-order valence-corrected chi connectivity index (χ2v) is 3.59. The maximum absolute atomic E-state index is 6.04. The first kappa shape index (κ1) is 8.73. The zero-order valence-electron chi connectivity index (χ0n) is 7.92. The number of ether oxygens (including phenoxy) is 1. The fraction of sp³-hybridized carbons (Fsp3) is 0.455. The summed E-state index contributed by atoms with van der Waals surface area (Å²) in [5, 5.41) is 0. The third-order valence-electron chi connectivity index (χ3n) is 2.67. The lowest BCUT2D eigenvalue weighted by molar-refractivity contribution is 0.121. The average molecular weight is 177 g/mol. The van der Waals surface area contributed by atoms with Gasteiger partial charge in [-0.25, -0.2) is 0 Å². The van der Waals surface area contributed by atoms with Gasteiger partial charge in [0.2, 0.25) is 0 Å². The Labute approximate surface area is 78.7 Å². The van der Waals surface area contributed by atoms with Gasteiger partial charge in [-0.2, -0.15) is 0 Å². The van der Waals surface area contributed by atoms with Crippen molar-refractivity contribution in [1.29, 1.82) is 0 Å². The molecule has 0 bridgehead atoms. The third-order valence-corrected chi connectivity index (χ3v) is 2.67. The predicted molar refractivity (Wildman–Crippen MR) is 52.4 cm³/mol. The summed E-state index contributed by atoms with van der Waals surface area (Å²) < 4.78 is 5.49. The third kappa shape index (κ3) is 1.60. The Morgan fingerprint density at radius 3 is 3.15 bits per heavy atom. The number of hydrogen-bond acceptors (Lipinski definition) is 2. The molecular formula is C11H15NO. The van der Waals surface area contributed by atoms with E-state index in [-0.39, 0.29) is 6.04 Å². The van der Waals surface area contributed by atoms with Crippen LogP contribution in [0.3, 0.4) is 0 Å². The lowest BCUT2D eigenvalue weighted by atomic mass is 9.97. The molecule has 2 nitrogen and oxygen atoms in total. The van der Waals surface area contributed by atoms with Gasteiger partial charge in [-0.3, -0.25) is 0 Å². The Hall–Kier alpha value is -0.860. The highest BCUT2D eigenvalue weighted by Gasteiger charge is 2.15. The molecule has 1 unspecified atom stereocenters. The van der Waals surface area contributed by atoms with E-state index in [2.05, 4.69) is 25.1 Å². The van der Waals surface area contributed by atoms with Crippen molar-refractivity contribution in [3.63, 3.8) is 0 Å². The summed E-state index contributed by atoms with van der Waals surface area (Å²) in [6, 6.07) is 6.44. The van der Waals surface area contributed by atoms with Crippen LogP contribution in [0.1, 0.15) is 29.2 Å². The van der Waals surface area contributed by atoms with Gasteiger partial charge in [-0.1, -0.05) is 18.2 Å². The van der Waals surface area contributed by atoms with Crippen LogP contribution in [0.4, 0.5) is 0 Å². The molecule has 0 saturated heterocycles. The minimum absolute atomic E-state index is 0.150. The summed E-state index contributed by atoms with van der Waals surface area (Å²) in [6.07, 6.45) is 0.927. The molecule has 2 N–H and O–H groups in total. The molecule has 0 aromatic heterocycles. The van der Waals surface area contributed by atoms with Crippen molar-refractivity contribution in [3.05, 3.63) is 34.9 Å². The van der Waals surface area contributed by atoms with Crippen LogP contribution in [0.15, 0.2) is 18.2 Å². The summed E-state index contributed by atoms with van der Waals surface area (Å²) in [6.45, 7) is 3.60. The first-order valence-corrected chi connectivity index (χ1v) is 4.71. The van der Waals surface area contributed by atoms with Gasteiger partial charge in [0.1, 0.15) is 0 Å². The lowest BCUT2D eigenvalue weighted by Gasteiger charge is -2.12. The van der Waals surface area contributed by atoms with Crippen LogP contribution >= 0.6 is 0 Å². The highest BCUT2D eigenvalue weighted by atomic mass is 16.5. The standard InChI is InChI=1S/C11H15NO/c1-8-3-2-4-9-10(8)7-13-6-5-11(9)12/h2-4,11H,5-7,12H2,1H3. The van der Waals surface area contributed by atoms with E-state index in [9.17, 15) is 0 Å². The molecule has 1 aromatic carbocycles. The monoisotopic (exact) mass is 177 g/mol. The van der Waals surface area contributed by atoms with Gasteiger partial charge >= 0.3 is 0 Å². The molecule has 1 aromatic rings. The molecule has 2 heteroatoms. The second kappa shape index (κ2) is 3.48. The summed E-state index contributed by atoms with van der Waals surface area (Å²) >= 11 is 0. The maximum atomic E-state index is 6.04. The Morgan fingerprint density at radius 1 is 1.46 bits per heavy atom. The fourth-order valence-corrected chi connectivity index (χ4v) is 1.81. The maximum Gasteiger partial charge on any atom is 0.0722 e. The normalized spacial score (nSPS) is 22.2. The number of nitrogens with two attached hydrogens (primary N) is 1. The van der Waals surface area contributed by atoms with Crippen LogP contribution in [0, 0.1) is 6.92 Å². The molecule has 1 aliphatic heterocycles. The van der Waals surface area contributed by atoms with Crippen LogP contribution in [0.25, 0.3) is 0 Å². The van der Waals surface area contributed by atoms with Crippen molar-refractivity contribution in [1.82, 2.24) is 0 Å². The molecule has 70 valence electrons. The van der Waals surface area contributed by atoms with E-state index in [4.69, 9.17) is 10.5 Å². The molecule has 0 amide bonds. The predicted octanol–water partition coefficient (Wildman–Crippen LogP) is 1.92. The molecule has 1 atom stereocenters. The van der Waals surface area contributed by atoms with Crippen molar-refractivity contribution >= 4 is 0 Å². The van der Waals surface area contributed by atoms with Crippen molar-refractivity contribution in [2.24, 2.45) is 5.73 Å².